The molecule has 80 valence electrons. The van der Waals surface area contributed by atoms with Crippen LogP contribution in [0.4, 0.5) is 0 Å². The van der Waals surface area contributed by atoms with Gasteiger partial charge in [-0.3, -0.25) is 4.79 Å². The van der Waals surface area contributed by atoms with Crippen molar-refractivity contribution < 1.29 is 4.79 Å². The van der Waals surface area contributed by atoms with Gasteiger partial charge < -0.3 is 15.5 Å². The van der Waals surface area contributed by atoms with E-state index in [2.05, 4.69) is 24.5 Å². The van der Waals surface area contributed by atoms with E-state index in [4.69, 9.17) is 12.2 Å². The Bertz CT molecular complexity index is 230. The van der Waals surface area contributed by atoms with Gasteiger partial charge >= 0.3 is 0 Å². The first kappa shape index (κ1) is 11.2. The second kappa shape index (κ2) is 5.14. The summed E-state index contributed by atoms with van der Waals surface area (Å²) in [5.74, 6) is 0.608. The number of thiocarbonyl (C=S) groups is 1. The van der Waals surface area contributed by atoms with Crippen LogP contribution in [0.5, 0.6) is 0 Å². The minimum Gasteiger partial charge on any atom is -0.362 e. The third-order valence-corrected chi connectivity index (χ3v) is 2.39. The maximum Gasteiger partial charge on any atom is 0.239 e. The summed E-state index contributed by atoms with van der Waals surface area (Å²) >= 11 is 5.18. The van der Waals surface area contributed by atoms with Gasteiger partial charge in [0.1, 0.15) is 0 Å². The monoisotopic (exact) mass is 215 g/mol. The molecule has 0 aromatic rings. The first-order valence-corrected chi connectivity index (χ1v) is 5.30. The lowest BCUT2D eigenvalue weighted by atomic mass is 10.2. The SMILES string of the molecule is CC(C)CNC(=S)N1CCNC(=O)C1. The Morgan fingerprint density at radius 2 is 2.43 bits per heavy atom. The number of piperazine rings is 1. The number of nitrogens with one attached hydrogen (secondary N) is 2. The Labute approximate surface area is 90.0 Å². The molecule has 0 atom stereocenters. The number of carbonyl (C=O) groups excluding carboxylic acids is 1. The van der Waals surface area contributed by atoms with Crippen LogP contribution in [0.3, 0.4) is 0 Å². The molecule has 0 unspecified atom stereocenters. The van der Waals surface area contributed by atoms with Crippen molar-refractivity contribution in [3.05, 3.63) is 0 Å². The molecule has 5 heteroatoms. The summed E-state index contributed by atoms with van der Waals surface area (Å²) in [4.78, 5) is 13.0. The van der Waals surface area contributed by atoms with Crippen LogP contribution in [0.25, 0.3) is 0 Å². The number of amides is 1. The van der Waals surface area contributed by atoms with Crippen molar-refractivity contribution in [1.82, 2.24) is 15.5 Å². The molecule has 1 aliphatic rings. The summed E-state index contributed by atoms with van der Waals surface area (Å²) in [7, 11) is 0. The number of carbonyl (C=O) groups is 1. The molecule has 1 heterocycles. The van der Waals surface area contributed by atoms with E-state index in [0.29, 0.717) is 24.1 Å². The fraction of sp³-hybridized carbons (Fsp3) is 0.778. The Kier molecular flexibility index (Phi) is 4.13. The van der Waals surface area contributed by atoms with Crippen molar-refractivity contribution in [3.8, 4) is 0 Å². The van der Waals surface area contributed by atoms with Gasteiger partial charge in [-0.15, -0.1) is 0 Å². The van der Waals surface area contributed by atoms with Gasteiger partial charge in [0.25, 0.3) is 0 Å². The zero-order valence-corrected chi connectivity index (χ0v) is 9.49. The van der Waals surface area contributed by atoms with Crippen molar-refractivity contribution in [2.24, 2.45) is 5.92 Å². The van der Waals surface area contributed by atoms with Crippen molar-refractivity contribution in [2.75, 3.05) is 26.2 Å². The molecule has 2 N–H and O–H groups in total. The molecule has 14 heavy (non-hydrogen) atoms. The van der Waals surface area contributed by atoms with Crippen molar-refractivity contribution in [2.45, 2.75) is 13.8 Å². The average molecular weight is 215 g/mol. The summed E-state index contributed by atoms with van der Waals surface area (Å²) in [6.07, 6.45) is 0. The fourth-order valence-corrected chi connectivity index (χ4v) is 1.45. The van der Waals surface area contributed by atoms with E-state index in [1.807, 2.05) is 4.90 Å². The van der Waals surface area contributed by atoms with Crippen molar-refractivity contribution in [3.63, 3.8) is 0 Å². The molecule has 1 amide bonds. The van der Waals surface area contributed by atoms with Gasteiger partial charge in [0, 0.05) is 19.6 Å². The normalized spacial score (nSPS) is 16.8. The summed E-state index contributed by atoms with van der Waals surface area (Å²) in [6, 6.07) is 0. The van der Waals surface area contributed by atoms with Gasteiger partial charge in [-0.05, 0) is 18.1 Å². The van der Waals surface area contributed by atoms with Gasteiger partial charge in [0.05, 0.1) is 6.54 Å². The molecular weight excluding hydrogens is 198 g/mol. The summed E-state index contributed by atoms with van der Waals surface area (Å²) < 4.78 is 0. The highest BCUT2D eigenvalue weighted by molar-refractivity contribution is 7.80. The van der Waals surface area contributed by atoms with Gasteiger partial charge in [-0.2, -0.15) is 0 Å². The number of hydrogen-bond acceptors (Lipinski definition) is 2. The standard InChI is InChI=1S/C9H17N3OS/c1-7(2)5-11-9(14)12-4-3-10-8(13)6-12/h7H,3-6H2,1-2H3,(H,10,13)(H,11,14). The molecule has 0 aromatic carbocycles. The molecular formula is C9H17N3OS. The molecule has 1 saturated heterocycles. The molecule has 1 fully saturated rings. The third kappa shape index (κ3) is 3.49. The van der Waals surface area contributed by atoms with E-state index in [-0.39, 0.29) is 5.91 Å². The Morgan fingerprint density at radius 1 is 1.71 bits per heavy atom. The minimum atomic E-state index is 0.0462. The molecule has 0 saturated carbocycles. The highest BCUT2D eigenvalue weighted by Gasteiger charge is 2.17. The first-order valence-electron chi connectivity index (χ1n) is 4.89. The predicted molar refractivity (Wildman–Crippen MR) is 60.0 cm³/mol. The van der Waals surface area contributed by atoms with Gasteiger partial charge in [-0.1, -0.05) is 13.8 Å². The largest absolute Gasteiger partial charge is 0.362 e. The smallest absolute Gasteiger partial charge is 0.239 e. The van der Waals surface area contributed by atoms with Gasteiger partial charge in [0.2, 0.25) is 5.91 Å². The lowest BCUT2D eigenvalue weighted by molar-refractivity contribution is -0.122. The van der Waals surface area contributed by atoms with Crippen molar-refractivity contribution >= 4 is 23.2 Å². The maximum atomic E-state index is 11.1. The van der Waals surface area contributed by atoms with Gasteiger partial charge in [-0.25, -0.2) is 0 Å². The molecule has 0 aromatic heterocycles. The zero-order valence-electron chi connectivity index (χ0n) is 8.67. The third-order valence-electron chi connectivity index (χ3n) is 1.99. The van der Waals surface area contributed by atoms with Crippen LogP contribution in [-0.4, -0.2) is 42.1 Å². The average Bonchev–Trinajstić information content (AvgIpc) is 2.14. The molecule has 1 aliphatic heterocycles. The molecule has 0 aliphatic carbocycles. The van der Waals surface area contributed by atoms with E-state index >= 15 is 0 Å². The van der Waals surface area contributed by atoms with Crippen LogP contribution in [0.15, 0.2) is 0 Å². The molecule has 4 nitrogen and oxygen atoms in total. The second-order valence-electron chi connectivity index (χ2n) is 3.85. The van der Waals surface area contributed by atoms with Crippen LogP contribution in [-0.2, 0) is 4.79 Å². The number of rotatable bonds is 2. The molecule has 1 rings (SSSR count). The topological polar surface area (TPSA) is 44.4 Å². The summed E-state index contributed by atoms with van der Waals surface area (Å²) in [5.41, 5.74) is 0. The maximum absolute atomic E-state index is 11.1. The van der Waals surface area contributed by atoms with Crippen molar-refractivity contribution in [1.29, 1.82) is 0 Å². The van der Waals surface area contributed by atoms with Crippen LogP contribution < -0.4 is 10.6 Å². The number of nitrogens with zero attached hydrogens (tertiary/aromatic N) is 1. The fourth-order valence-electron chi connectivity index (χ4n) is 1.22. The van der Waals surface area contributed by atoms with E-state index in [1.54, 1.807) is 0 Å². The lowest BCUT2D eigenvalue weighted by Crippen LogP contribution is -2.53. The summed E-state index contributed by atoms with van der Waals surface area (Å²) in [5, 5.41) is 6.60. The van der Waals surface area contributed by atoms with E-state index < -0.39 is 0 Å². The van der Waals surface area contributed by atoms with Crippen LogP contribution in [0, 0.1) is 5.92 Å². The zero-order chi connectivity index (χ0) is 10.6. The lowest BCUT2D eigenvalue weighted by Gasteiger charge is -2.29. The molecule has 0 radical (unpaired) electrons. The summed E-state index contributed by atoms with van der Waals surface area (Å²) in [6.45, 7) is 6.97. The van der Waals surface area contributed by atoms with E-state index in [9.17, 15) is 4.79 Å². The Morgan fingerprint density at radius 3 is 3.00 bits per heavy atom. The first-order chi connectivity index (χ1) is 6.59. The molecule has 0 bridgehead atoms. The van der Waals surface area contributed by atoms with Crippen LogP contribution in [0.1, 0.15) is 13.8 Å². The predicted octanol–water partition coefficient (Wildman–Crippen LogP) is -0.0513. The number of hydrogen-bond donors (Lipinski definition) is 2. The minimum absolute atomic E-state index is 0.0462. The van der Waals surface area contributed by atoms with E-state index in [0.717, 1.165) is 13.1 Å². The van der Waals surface area contributed by atoms with Crippen LogP contribution in [0.2, 0.25) is 0 Å². The van der Waals surface area contributed by atoms with E-state index in [1.165, 1.54) is 0 Å². The van der Waals surface area contributed by atoms with Crippen LogP contribution >= 0.6 is 12.2 Å². The quantitative estimate of drug-likeness (QED) is 0.634. The Hall–Kier alpha value is -0.840. The Balaban J connectivity index is 2.32. The highest BCUT2D eigenvalue weighted by Crippen LogP contribution is 1.96. The molecule has 0 spiro atoms. The highest BCUT2D eigenvalue weighted by atomic mass is 32.1. The second-order valence-corrected chi connectivity index (χ2v) is 4.24. The van der Waals surface area contributed by atoms with Gasteiger partial charge in [0.15, 0.2) is 5.11 Å².